The van der Waals surface area contributed by atoms with E-state index in [1.807, 2.05) is 4.72 Å². The lowest BCUT2D eigenvalue weighted by molar-refractivity contribution is 0.407. The molecule has 3 heterocycles. The van der Waals surface area contributed by atoms with Crippen LogP contribution in [0.25, 0.3) is 11.3 Å². The molecule has 2 aromatic carbocycles. The molecule has 1 aliphatic heterocycles. The Bertz CT molecular complexity index is 1620. The fraction of sp³-hybridized carbons (Fsp3) is 0.222. The van der Waals surface area contributed by atoms with Crippen LogP contribution in [-0.2, 0) is 15.8 Å². The number of nitrogens with zero attached hydrogens (tertiary/aromatic N) is 3. The van der Waals surface area contributed by atoms with Crippen LogP contribution in [0.1, 0.15) is 18.4 Å². The van der Waals surface area contributed by atoms with Gasteiger partial charge in [-0.05, 0) is 55.8 Å². The van der Waals surface area contributed by atoms with E-state index in [9.17, 15) is 17.2 Å². The Morgan fingerprint density at radius 2 is 1.82 bits per heavy atom. The minimum atomic E-state index is -4.25. The molecule has 1 atom stereocenters. The van der Waals surface area contributed by atoms with Gasteiger partial charge in [-0.15, -0.1) is 0 Å². The maximum Gasteiger partial charge on any atom is 0.237 e. The van der Waals surface area contributed by atoms with E-state index >= 15 is 4.39 Å². The molecule has 0 amide bonds. The predicted molar refractivity (Wildman–Crippen MR) is 144 cm³/mol. The van der Waals surface area contributed by atoms with Gasteiger partial charge in [-0.25, -0.2) is 32.2 Å². The van der Waals surface area contributed by atoms with Crippen molar-refractivity contribution >= 4 is 21.7 Å². The standard InChI is InChI=1S/C27H25F3N6O3S/c28-20-8-2-1-5-17(20)16-40(37,38)36-22-9-10-23(25(30)24(22)29)39-26-19(7-4-13-32-26)21-11-14-33-27(35-21)34-18-6-3-12-31-15-18/h1-2,4-5,7-11,13-14,18,31,36H,3,6,12,15-16H2,(H,33,34,35). The number of ether oxygens (including phenoxy) is 1. The average molecular weight is 571 g/mol. The molecule has 40 heavy (non-hydrogen) atoms. The lowest BCUT2D eigenvalue weighted by atomic mass is 10.1. The topological polar surface area (TPSA) is 118 Å². The van der Waals surface area contributed by atoms with Crippen molar-refractivity contribution in [1.29, 1.82) is 0 Å². The predicted octanol–water partition coefficient (Wildman–Crippen LogP) is 4.85. The lowest BCUT2D eigenvalue weighted by Crippen LogP contribution is -2.38. The summed E-state index contributed by atoms with van der Waals surface area (Å²) in [7, 11) is -4.25. The summed E-state index contributed by atoms with van der Waals surface area (Å²) < 4.78 is 76.3. The number of rotatable bonds is 9. The summed E-state index contributed by atoms with van der Waals surface area (Å²) in [6.07, 6.45) is 5.00. The molecule has 2 aromatic heterocycles. The Balaban J connectivity index is 1.35. The van der Waals surface area contributed by atoms with Gasteiger partial charge < -0.3 is 15.4 Å². The smallest absolute Gasteiger partial charge is 0.237 e. The largest absolute Gasteiger partial charge is 0.435 e. The number of aromatic nitrogens is 3. The van der Waals surface area contributed by atoms with Crippen molar-refractivity contribution in [2.45, 2.75) is 24.6 Å². The van der Waals surface area contributed by atoms with E-state index in [-0.39, 0.29) is 17.5 Å². The van der Waals surface area contributed by atoms with E-state index in [1.165, 1.54) is 24.4 Å². The summed E-state index contributed by atoms with van der Waals surface area (Å²) in [5, 5.41) is 6.60. The molecule has 1 aliphatic rings. The highest BCUT2D eigenvalue weighted by atomic mass is 32.2. The fourth-order valence-corrected chi connectivity index (χ4v) is 5.43. The number of pyridine rings is 1. The number of anilines is 2. The molecule has 13 heteroatoms. The highest BCUT2D eigenvalue weighted by Crippen LogP contribution is 2.34. The number of hydrogen-bond donors (Lipinski definition) is 3. The van der Waals surface area contributed by atoms with Crippen LogP contribution >= 0.6 is 0 Å². The zero-order valence-electron chi connectivity index (χ0n) is 21.1. The van der Waals surface area contributed by atoms with Crippen molar-refractivity contribution in [2.75, 3.05) is 23.1 Å². The number of nitrogens with one attached hydrogen (secondary N) is 3. The fourth-order valence-electron chi connectivity index (χ4n) is 4.22. The quantitative estimate of drug-likeness (QED) is 0.261. The average Bonchev–Trinajstić information content (AvgIpc) is 2.95. The molecule has 1 fully saturated rings. The number of halogens is 3. The first kappa shape index (κ1) is 27.3. The molecule has 5 rings (SSSR count). The van der Waals surface area contributed by atoms with Gasteiger partial charge in [0.15, 0.2) is 11.6 Å². The SMILES string of the molecule is O=S(=O)(Cc1ccccc1F)Nc1ccc(Oc2ncccc2-c2ccnc(NC3CCCNC3)n2)c(F)c1F. The Morgan fingerprint density at radius 3 is 2.62 bits per heavy atom. The Labute approximate surface area is 228 Å². The van der Waals surface area contributed by atoms with Crippen LogP contribution in [0.4, 0.5) is 24.8 Å². The Morgan fingerprint density at radius 1 is 0.975 bits per heavy atom. The summed E-state index contributed by atoms with van der Waals surface area (Å²) >= 11 is 0. The minimum absolute atomic E-state index is 0.0438. The second kappa shape index (κ2) is 11.9. The van der Waals surface area contributed by atoms with Crippen molar-refractivity contribution < 1.29 is 26.3 Å². The van der Waals surface area contributed by atoms with Crippen molar-refractivity contribution in [2.24, 2.45) is 0 Å². The van der Waals surface area contributed by atoms with E-state index < -0.39 is 44.7 Å². The van der Waals surface area contributed by atoms with Crippen LogP contribution in [0.15, 0.2) is 67.0 Å². The lowest BCUT2D eigenvalue weighted by Gasteiger charge is -2.23. The first-order valence-electron chi connectivity index (χ1n) is 12.4. The van der Waals surface area contributed by atoms with Gasteiger partial charge in [0.1, 0.15) is 5.82 Å². The molecule has 0 bridgehead atoms. The summed E-state index contributed by atoms with van der Waals surface area (Å²) in [6.45, 7) is 1.75. The van der Waals surface area contributed by atoms with Crippen molar-refractivity contribution in [1.82, 2.24) is 20.3 Å². The number of hydrogen-bond acceptors (Lipinski definition) is 8. The van der Waals surface area contributed by atoms with E-state index in [4.69, 9.17) is 4.74 Å². The van der Waals surface area contributed by atoms with Gasteiger partial charge in [0.05, 0.1) is 22.7 Å². The third-order valence-electron chi connectivity index (χ3n) is 6.16. The molecule has 0 aliphatic carbocycles. The van der Waals surface area contributed by atoms with E-state index in [0.29, 0.717) is 17.2 Å². The van der Waals surface area contributed by atoms with Gasteiger partial charge in [-0.2, -0.15) is 4.39 Å². The number of piperidine rings is 1. The Kier molecular flexibility index (Phi) is 8.12. The van der Waals surface area contributed by atoms with Crippen molar-refractivity contribution in [3.63, 3.8) is 0 Å². The molecule has 0 radical (unpaired) electrons. The van der Waals surface area contributed by atoms with Crippen LogP contribution in [0.3, 0.4) is 0 Å². The van der Waals surface area contributed by atoms with Crippen LogP contribution in [0.5, 0.6) is 11.6 Å². The second-order valence-electron chi connectivity index (χ2n) is 9.10. The van der Waals surface area contributed by atoms with E-state index in [1.54, 1.807) is 24.4 Å². The highest BCUT2D eigenvalue weighted by Gasteiger charge is 2.22. The summed E-state index contributed by atoms with van der Waals surface area (Å²) in [6, 6.07) is 12.5. The van der Waals surface area contributed by atoms with E-state index in [2.05, 4.69) is 25.6 Å². The third-order valence-corrected chi connectivity index (χ3v) is 7.38. The zero-order valence-corrected chi connectivity index (χ0v) is 21.9. The molecule has 1 unspecified atom stereocenters. The van der Waals surface area contributed by atoms with Gasteiger partial charge in [0, 0.05) is 30.5 Å². The van der Waals surface area contributed by atoms with Crippen molar-refractivity contribution in [3.8, 4) is 22.9 Å². The van der Waals surface area contributed by atoms with Gasteiger partial charge in [-0.1, -0.05) is 18.2 Å². The van der Waals surface area contributed by atoms with Crippen LogP contribution in [0.2, 0.25) is 0 Å². The second-order valence-corrected chi connectivity index (χ2v) is 10.8. The number of benzene rings is 2. The normalized spacial score (nSPS) is 15.4. The van der Waals surface area contributed by atoms with Crippen LogP contribution in [-0.4, -0.2) is 42.5 Å². The maximum atomic E-state index is 15.0. The van der Waals surface area contributed by atoms with E-state index in [0.717, 1.165) is 44.1 Å². The Hall–Kier alpha value is -4.23. The summed E-state index contributed by atoms with van der Waals surface area (Å²) in [5.74, 6) is -4.56. The monoisotopic (exact) mass is 570 g/mol. The van der Waals surface area contributed by atoms with Crippen LogP contribution in [0, 0.1) is 17.5 Å². The summed E-state index contributed by atoms with van der Waals surface area (Å²) in [5.41, 5.74) is 0.0927. The molecule has 9 nitrogen and oxygen atoms in total. The molecular formula is C27H25F3N6O3S. The number of sulfonamides is 1. The van der Waals surface area contributed by atoms with Gasteiger partial charge in [-0.3, -0.25) is 4.72 Å². The van der Waals surface area contributed by atoms with Gasteiger partial charge in [0.2, 0.25) is 27.7 Å². The highest BCUT2D eigenvalue weighted by molar-refractivity contribution is 7.91. The molecule has 208 valence electrons. The first-order chi connectivity index (χ1) is 19.3. The van der Waals surface area contributed by atoms with Crippen LogP contribution < -0.4 is 20.1 Å². The minimum Gasteiger partial charge on any atom is -0.435 e. The molecule has 0 spiro atoms. The first-order valence-corrected chi connectivity index (χ1v) is 14.1. The molecule has 3 N–H and O–H groups in total. The molecule has 1 saturated heterocycles. The third kappa shape index (κ3) is 6.49. The van der Waals surface area contributed by atoms with Gasteiger partial charge in [0.25, 0.3) is 0 Å². The molecule has 4 aromatic rings. The molecule has 0 saturated carbocycles. The summed E-state index contributed by atoms with van der Waals surface area (Å²) in [4.78, 5) is 13.0. The molecular weight excluding hydrogens is 545 g/mol. The zero-order chi connectivity index (χ0) is 28.1. The van der Waals surface area contributed by atoms with Gasteiger partial charge >= 0.3 is 0 Å². The van der Waals surface area contributed by atoms with Crippen molar-refractivity contribution in [3.05, 3.63) is 90.0 Å². The maximum absolute atomic E-state index is 15.0.